The molecule has 0 aliphatic rings. The van der Waals surface area contributed by atoms with Gasteiger partial charge in [-0.05, 0) is 36.2 Å². The molecule has 0 spiro atoms. The molecule has 2 aromatic rings. The van der Waals surface area contributed by atoms with Gasteiger partial charge in [-0.2, -0.15) is 0 Å². The Morgan fingerprint density at radius 1 is 1.19 bits per heavy atom. The number of nitrogens with one attached hydrogen (secondary N) is 2. The number of carbonyl (C=O) groups is 1. The van der Waals surface area contributed by atoms with Gasteiger partial charge in [-0.15, -0.1) is 0 Å². The van der Waals surface area contributed by atoms with Crippen molar-refractivity contribution < 1.29 is 9.18 Å². The van der Waals surface area contributed by atoms with Crippen LogP contribution in [0.2, 0.25) is 0 Å². The zero-order valence-electron chi connectivity index (χ0n) is 11.9. The fourth-order valence-corrected chi connectivity index (χ4v) is 1.81. The van der Waals surface area contributed by atoms with E-state index in [1.165, 1.54) is 12.1 Å². The van der Waals surface area contributed by atoms with E-state index < -0.39 is 0 Å². The number of carbonyl (C=O) groups excluding carboxylic acids is 1. The third-order valence-corrected chi connectivity index (χ3v) is 3.00. The number of benzene rings is 1. The van der Waals surface area contributed by atoms with Crippen molar-refractivity contribution >= 4 is 17.4 Å². The number of amides is 1. The largest absolute Gasteiger partial charge is 0.370 e. The molecule has 0 saturated heterocycles. The lowest BCUT2D eigenvalue weighted by Crippen LogP contribution is -2.10. The molecule has 21 heavy (non-hydrogen) atoms. The van der Waals surface area contributed by atoms with Crippen LogP contribution >= 0.6 is 0 Å². The first-order chi connectivity index (χ1) is 10.2. The second-order valence-electron chi connectivity index (χ2n) is 4.64. The predicted molar refractivity (Wildman–Crippen MR) is 81.8 cm³/mol. The molecule has 1 aromatic carbocycles. The molecule has 1 aromatic heterocycles. The molecule has 0 aliphatic carbocycles. The maximum absolute atomic E-state index is 12.8. The highest BCUT2D eigenvalue weighted by molar-refractivity contribution is 5.90. The number of rotatable bonds is 6. The summed E-state index contributed by atoms with van der Waals surface area (Å²) in [6.45, 7) is 2.51. The standard InChI is InChI=1S/C16H18FN3O/c1-2-16(21)20-14-7-8-15(19-11-14)18-10-9-12-3-5-13(17)6-4-12/h3-8,11H,2,9-10H2,1H3,(H,18,19)(H,20,21). The normalized spacial score (nSPS) is 10.2. The molecule has 0 atom stereocenters. The molecule has 0 fully saturated rings. The quantitative estimate of drug-likeness (QED) is 0.857. The van der Waals surface area contributed by atoms with Gasteiger partial charge >= 0.3 is 0 Å². The van der Waals surface area contributed by atoms with Gasteiger partial charge in [0.1, 0.15) is 11.6 Å². The van der Waals surface area contributed by atoms with Crippen molar-refractivity contribution in [1.82, 2.24) is 4.98 Å². The van der Waals surface area contributed by atoms with Crippen LogP contribution in [0.5, 0.6) is 0 Å². The molecule has 110 valence electrons. The highest BCUT2D eigenvalue weighted by atomic mass is 19.1. The van der Waals surface area contributed by atoms with Crippen LogP contribution < -0.4 is 10.6 Å². The monoisotopic (exact) mass is 287 g/mol. The van der Waals surface area contributed by atoms with Gasteiger partial charge in [0.15, 0.2) is 0 Å². The van der Waals surface area contributed by atoms with E-state index in [0.29, 0.717) is 18.7 Å². The van der Waals surface area contributed by atoms with Crippen molar-refractivity contribution in [2.45, 2.75) is 19.8 Å². The van der Waals surface area contributed by atoms with Crippen LogP contribution in [0, 0.1) is 5.82 Å². The average Bonchev–Trinajstić information content (AvgIpc) is 2.51. The molecular weight excluding hydrogens is 269 g/mol. The van der Waals surface area contributed by atoms with Crippen molar-refractivity contribution in [3.05, 3.63) is 54.0 Å². The maximum atomic E-state index is 12.8. The van der Waals surface area contributed by atoms with Crippen LogP contribution in [-0.2, 0) is 11.2 Å². The van der Waals surface area contributed by atoms with Crippen LogP contribution in [0.15, 0.2) is 42.6 Å². The van der Waals surface area contributed by atoms with Crippen LogP contribution in [0.25, 0.3) is 0 Å². The zero-order chi connectivity index (χ0) is 15.1. The summed E-state index contributed by atoms with van der Waals surface area (Å²) in [5.41, 5.74) is 1.75. The lowest BCUT2D eigenvalue weighted by atomic mass is 10.1. The second-order valence-corrected chi connectivity index (χ2v) is 4.64. The van der Waals surface area contributed by atoms with Crippen molar-refractivity contribution in [3.63, 3.8) is 0 Å². The van der Waals surface area contributed by atoms with Crippen LogP contribution in [-0.4, -0.2) is 17.4 Å². The topological polar surface area (TPSA) is 54.0 Å². The number of pyridine rings is 1. The van der Waals surface area contributed by atoms with Crippen LogP contribution in [0.4, 0.5) is 15.9 Å². The average molecular weight is 287 g/mol. The summed E-state index contributed by atoms with van der Waals surface area (Å²) >= 11 is 0. The van der Waals surface area contributed by atoms with E-state index in [1.54, 1.807) is 31.3 Å². The van der Waals surface area contributed by atoms with E-state index >= 15 is 0 Å². The van der Waals surface area contributed by atoms with Gasteiger partial charge < -0.3 is 10.6 Å². The van der Waals surface area contributed by atoms with Crippen molar-refractivity contribution in [3.8, 4) is 0 Å². The van der Waals surface area contributed by atoms with E-state index in [2.05, 4.69) is 15.6 Å². The Bertz CT molecular complexity index is 581. The fourth-order valence-electron chi connectivity index (χ4n) is 1.81. The minimum absolute atomic E-state index is 0.0335. The third kappa shape index (κ3) is 4.87. The Kier molecular flexibility index (Phi) is 5.26. The van der Waals surface area contributed by atoms with E-state index in [-0.39, 0.29) is 11.7 Å². The number of anilines is 2. The molecule has 0 bridgehead atoms. The van der Waals surface area contributed by atoms with Gasteiger partial charge in [0, 0.05) is 13.0 Å². The first-order valence-electron chi connectivity index (χ1n) is 6.91. The van der Waals surface area contributed by atoms with Crippen molar-refractivity contribution in [2.75, 3.05) is 17.2 Å². The minimum Gasteiger partial charge on any atom is -0.370 e. The maximum Gasteiger partial charge on any atom is 0.224 e. The summed E-state index contributed by atoms with van der Waals surface area (Å²) in [6.07, 6.45) is 2.85. The second kappa shape index (κ2) is 7.38. The Balaban J connectivity index is 1.80. The highest BCUT2D eigenvalue weighted by Crippen LogP contribution is 2.10. The lowest BCUT2D eigenvalue weighted by molar-refractivity contribution is -0.115. The Morgan fingerprint density at radius 2 is 1.95 bits per heavy atom. The Labute approximate surface area is 123 Å². The molecular formula is C16H18FN3O. The fraction of sp³-hybridized carbons (Fsp3) is 0.250. The predicted octanol–water partition coefficient (Wildman–Crippen LogP) is 3.22. The lowest BCUT2D eigenvalue weighted by Gasteiger charge is -2.07. The van der Waals surface area contributed by atoms with E-state index in [0.717, 1.165) is 17.8 Å². The smallest absolute Gasteiger partial charge is 0.224 e. The molecule has 0 radical (unpaired) electrons. The Morgan fingerprint density at radius 3 is 2.57 bits per heavy atom. The van der Waals surface area contributed by atoms with E-state index in [4.69, 9.17) is 0 Å². The van der Waals surface area contributed by atoms with Gasteiger partial charge in [0.05, 0.1) is 11.9 Å². The summed E-state index contributed by atoms with van der Waals surface area (Å²) in [6, 6.07) is 10.1. The van der Waals surface area contributed by atoms with Crippen LogP contribution in [0.3, 0.4) is 0 Å². The summed E-state index contributed by atoms with van der Waals surface area (Å²) in [4.78, 5) is 15.5. The van der Waals surface area contributed by atoms with Gasteiger partial charge in [-0.25, -0.2) is 9.37 Å². The number of nitrogens with zero attached hydrogens (tertiary/aromatic N) is 1. The number of hydrogen-bond acceptors (Lipinski definition) is 3. The van der Waals surface area contributed by atoms with Crippen molar-refractivity contribution in [1.29, 1.82) is 0 Å². The van der Waals surface area contributed by atoms with E-state index in [9.17, 15) is 9.18 Å². The number of halogens is 1. The molecule has 2 N–H and O–H groups in total. The number of hydrogen-bond donors (Lipinski definition) is 2. The first-order valence-corrected chi connectivity index (χ1v) is 6.91. The molecule has 4 nitrogen and oxygen atoms in total. The van der Waals surface area contributed by atoms with Crippen LogP contribution in [0.1, 0.15) is 18.9 Å². The minimum atomic E-state index is -0.224. The highest BCUT2D eigenvalue weighted by Gasteiger charge is 2.00. The third-order valence-electron chi connectivity index (χ3n) is 3.00. The molecule has 1 heterocycles. The molecule has 0 saturated carbocycles. The van der Waals surface area contributed by atoms with Gasteiger partial charge in [0.2, 0.25) is 5.91 Å². The molecule has 1 amide bonds. The summed E-state index contributed by atoms with van der Waals surface area (Å²) in [7, 11) is 0. The number of aromatic nitrogens is 1. The molecule has 0 unspecified atom stereocenters. The van der Waals surface area contributed by atoms with E-state index in [1.807, 2.05) is 6.07 Å². The zero-order valence-corrected chi connectivity index (χ0v) is 11.9. The summed E-state index contributed by atoms with van der Waals surface area (Å²) < 4.78 is 12.8. The Hall–Kier alpha value is -2.43. The molecule has 5 heteroatoms. The van der Waals surface area contributed by atoms with Gasteiger partial charge in [-0.3, -0.25) is 4.79 Å². The van der Waals surface area contributed by atoms with Crippen molar-refractivity contribution in [2.24, 2.45) is 0 Å². The molecule has 0 aliphatic heterocycles. The SMILES string of the molecule is CCC(=O)Nc1ccc(NCCc2ccc(F)cc2)nc1. The first kappa shape index (κ1) is 15.0. The summed E-state index contributed by atoms with van der Waals surface area (Å²) in [5, 5.41) is 5.93. The summed E-state index contributed by atoms with van der Waals surface area (Å²) in [5.74, 6) is 0.485. The van der Waals surface area contributed by atoms with Gasteiger partial charge in [0.25, 0.3) is 0 Å². The molecule has 2 rings (SSSR count). The van der Waals surface area contributed by atoms with Gasteiger partial charge in [-0.1, -0.05) is 19.1 Å².